The van der Waals surface area contributed by atoms with Crippen LogP contribution in [-0.4, -0.2) is 41.3 Å². The number of aryl methyl sites for hydroxylation is 2. The van der Waals surface area contributed by atoms with Crippen LogP contribution in [0.1, 0.15) is 24.0 Å². The molecule has 1 aliphatic heterocycles. The predicted molar refractivity (Wildman–Crippen MR) is 124 cm³/mol. The number of carbonyl (C=O) groups is 2. The standard InChI is InChI=1S/C25H28N4O2/c1-17-13-18(2)15-20(14-17)27-24(30)16-29-11-8-19(9-12-29)25(31)28-23-7-3-6-22-21(23)5-4-10-26-22/h3-7,10,13-15,19H,8-9,11-12,16H2,1-2H3,(H,27,30)(H,28,31). The molecule has 1 aromatic heterocycles. The summed E-state index contributed by atoms with van der Waals surface area (Å²) in [6.45, 7) is 5.85. The minimum atomic E-state index is -0.0503. The largest absolute Gasteiger partial charge is 0.325 e. The van der Waals surface area contributed by atoms with Gasteiger partial charge in [0.25, 0.3) is 0 Å². The summed E-state index contributed by atoms with van der Waals surface area (Å²) >= 11 is 0. The van der Waals surface area contributed by atoms with Crippen LogP contribution >= 0.6 is 0 Å². The molecule has 1 aliphatic rings. The molecule has 0 saturated carbocycles. The van der Waals surface area contributed by atoms with Crippen LogP contribution in [0.25, 0.3) is 10.9 Å². The second-order valence-electron chi connectivity index (χ2n) is 8.34. The first-order chi connectivity index (χ1) is 15.0. The van der Waals surface area contributed by atoms with Crippen LogP contribution < -0.4 is 10.6 Å². The van der Waals surface area contributed by atoms with Crippen molar-refractivity contribution in [3.8, 4) is 0 Å². The molecule has 0 aliphatic carbocycles. The monoisotopic (exact) mass is 416 g/mol. The molecule has 0 atom stereocenters. The summed E-state index contributed by atoms with van der Waals surface area (Å²) in [7, 11) is 0. The zero-order valence-electron chi connectivity index (χ0n) is 18.0. The number of amides is 2. The number of fused-ring (bicyclic) bond motifs is 1. The Bertz CT molecular complexity index is 1080. The molecule has 1 fully saturated rings. The molecule has 6 nitrogen and oxygen atoms in total. The van der Waals surface area contributed by atoms with Gasteiger partial charge in [-0.05, 0) is 87.3 Å². The summed E-state index contributed by atoms with van der Waals surface area (Å²) in [6.07, 6.45) is 3.23. The number of aromatic nitrogens is 1. The lowest BCUT2D eigenvalue weighted by atomic mass is 9.95. The van der Waals surface area contributed by atoms with E-state index in [9.17, 15) is 9.59 Å². The Morgan fingerprint density at radius 1 is 1.00 bits per heavy atom. The van der Waals surface area contributed by atoms with E-state index >= 15 is 0 Å². The Morgan fingerprint density at radius 3 is 2.48 bits per heavy atom. The Morgan fingerprint density at radius 2 is 1.74 bits per heavy atom. The van der Waals surface area contributed by atoms with E-state index in [4.69, 9.17) is 0 Å². The normalized spacial score (nSPS) is 15.0. The fourth-order valence-corrected chi connectivity index (χ4v) is 4.25. The van der Waals surface area contributed by atoms with E-state index in [0.29, 0.717) is 6.54 Å². The predicted octanol–water partition coefficient (Wildman–Crippen LogP) is 4.14. The molecule has 0 bridgehead atoms. The Labute approximate surface area is 182 Å². The van der Waals surface area contributed by atoms with E-state index < -0.39 is 0 Å². The number of nitrogens with one attached hydrogen (secondary N) is 2. The van der Waals surface area contributed by atoms with Gasteiger partial charge in [-0.3, -0.25) is 19.5 Å². The zero-order chi connectivity index (χ0) is 21.8. The molecular weight excluding hydrogens is 388 g/mol. The number of carbonyl (C=O) groups excluding carboxylic acids is 2. The number of rotatable bonds is 5. The minimum absolute atomic E-state index is 0.0174. The highest BCUT2D eigenvalue weighted by atomic mass is 16.2. The Balaban J connectivity index is 1.29. The molecule has 4 rings (SSSR count). The van der Waals surface area contributed by atoms with Gasteiger partial charge in [0.15, 0.2) is 0 Å². The van der Waals surface area contributed by atoms with E-state index in [0.717, 1.165) is 59.3 Å². The van der Waals surface area contributed by atoms with Crippen molar-refractivity contribution < 1.29 is 9.59 Å². The number of anilines is 2. The maximum Gasteiger partial charge on any atom is 0.238 e. The summed E-state index contributed by atoms with van der Waals surface area (Å²) in [5, 5.41) is 7.01. The Kier molecular flexibility index (Phi) is 6.28. The molecule has 0 radical (unpaired) electrons. The van der Waals surface area contributed by atoms with Crippen LogP contribution in [0.4, 0.5) is 11.4 Å². The van der Waals surface area contributed by atoms with Crippen LogP contribution in [-0.2, 0) is 9.59 Å². The third-order valence-corrected chi connectivity index (χ3v) is 5.73. The number of hydrogen-bond donors (Lipinski definition) is 2. The molecule has 31 heavy (non-hydrogen) atoms. The van der Waals surface area contributed by atoms with Crippen molar-refractivity contribution in [2.75, 3.05) is 30.3 Å². The lowest BCUT2D eigenvalue weighted by Gasteiger charge is -2.30. The minimum Gasteiger partial charge on any atom is -0.325 e. The van der Waals surface area contributed by atoms with Crippen molar-refractivity contribution in [1.82, 2.24) is 9.88 Å². The molecule has 2 amide bonds. The summed E-state index contributed by atoms with van der Waals surface area (Å²) in [6, 6.07) is 15.6. The number of piperidine rings is 1. The summed E-state index contributed by atoms with van der Waals surface area (Å²) in [4.78, 5) is 31.7. The van der Waals surface area contributed by atoms with Crippen molar-refractivity contribution in [1.29, 1.82) is 0 Å². The van der Waals surface area contributed by atoms with Crippen LogP contribution in [0.3, 0.4) is 0 Å². The van der Waals surface area contributed by atoms with E-state index in [1.165, 1.54) is 0 Å². The number of nitrogens with zero attached hydrogens (tertiary/aromatic N) is 2. The molecule has 160 valence electrons. The highest BCUT2D eigenvalue weighted by Gasteiger charge is 2.26. The third kappa shape index (κ3) is 5.27. The van der Waals surface area contributed by atoms with Gasteiger partial charge >= 0.3 is 0 Å². The number of pyridine rings is 1. The van der Waals surface area contributed by atoms with Crippen molar-refractivity contribution in [3.05, 3.63) is 65.9 Å². The van der Waals surface area contributed by atoms with Gasteiger partial charge in [0, 0.05) is 23.2 Å². The third-order valence-electron chi connectivity index (χ3n) is 5.73. The van der Waals surface area contributed by atoms with Crippen molar-refractivity contribution >= 4 is 34.1 Å². The molecular formula is C25H28N4O2. The van der Waals surface area contributed by atoms with Gasteiger partial charge in [0.2, 0.25) is 11.8 Å². The fourth-order valence-electron chi connectivity index (χ4n) is 4.25. The van der Waals surface area contributed by atoms with Gasteiger partial charge in [0.05, 0.1) is 17.7 Å². The van der Waals surface area contributed by atoms with E-state index in [2.05, 4.69) is 26.6 Å². The number of benzene rings is 2. The second kappa shape index (κ2) is 9.27. The SMILES string of the molecule is Cc1cc(C)cc(NC(=O)CN2CCC(C(=O)Nc3cccc4ncccc34)CC2)c1. The van der Waals surface area contributed by atoms with E-state index in [1.807, 2.05) is 56.3 Å². The highest BCUT2D eigenvalue weighted by Crippen LogP contribution is 2.24. The average molecular weight is 417 g/mol. The van der Waals surface area contributed by atoms with Gasteiger partial charge in [-0.2, -0.15) is 0 Å². The average Bonchev–Trinajstić information content (AvgIpc) is 2.73. The lowest BCUT2D eigenvalue weighted by Crippen LogP contribution is -2.41. The van der Waals surface area contributed by atoms with Crippen molar-refractivity contribution in [2.45, 2.75) is 26.7 Å². The topological polar surface area (TPSA) is 74.3 Å². The maximum absolute atomic E-state index is 12.8. The smallest absolute Gasteiger partial charge is 0.238 e. The highest BCUT2D eigenvalue weighted by molar-refractivity contribution is 6.01. The molecule has 6 heteroatoms. The van der Waals surface area contributed by atoms with Crippen LogP contribution in [0.2, 0.25) is 0 Å². The zero-order valence-corrected chi connectivity index (χ0v) is 18.0. The molecule has 3 aromatic rings. The lowest BCUT2D eigenvalue weighted by molar-refractivity contribution is -0.121. The van der Waals surface area contributed by atoms with Crippen molar-refractivity contribution in [3.63, 3.8) is 0 Å². The Hall–Kier alpha value is -3.25. The second-order valence-corrected chi connectivity index (χ2v) is 8.34. The molecule has 2 N–H and O–H groups in total. The van der Waals surface area contributed by atoms with Crippen LogP contribution in [0.15, 0.2) is 54.7 Å². The van der Waals surface area contributed by atoms with Crippen LogP contribution in [0, 0.1) is 19.8 Å². The van der Waals surface area contributed by atoms with Gasteiger partial charge < -0.3 is 10.6 Å². The van der Waals surface area contributed by atoms with E-state index in [1.54, 1.807) is 6.20 Å². The fraction of sp³-hybridized carbons (Fsp3) is 0.320. The van der Waals surface area contributed by atoms with Gasteiger partial charge in [0.1, 0.15) is 0 Å². The summed E-state index contributed by atoms with van der Waals surface area (Å²) in [5.41, 5.74) is 4.75. The molecule has 0 spiro atoms. The summed E-state index contributed by atoms with van der Waals surface area (Å²) in [5.74, 6) is -0.0301. The van der Waals surface area contributed by atoms with Gasteiger partial charge in [-0.1, -0.05) is 12.1 Å². The molecule has 2 heterocycles. The molecule has 2 aromatic carbocycles. The van der Waals surface area contributed by atoms with Crippen molar-refractivity contribution in [2.24, 2.45) is 5.92 Å². The first-order valence-corrected chi connectivity index (χ1v) is 10.7. The molecule has 1 saturated heterocycles. The number of likely N-dealkylation sites (tertiary alicyclic amines) is 1. The summed E-state index contributed by atoms with van der Waals surface area (Å²) < 4.78 is 0. The number of hydrogen-bond acceptors (Lipinski definition) is 4. The van der Waals surface area contributed by atoms with Gasteiger partial charge in [-0.15, -0.1) is 0 Å². The first-order valence-electron chi connectivity index (χ1n) is 10.7. The van der Waals surface area contributed by atoms with E-state index in [-0.39, 0.29) is 17.7 Å². The van der Waals surface area contributed by atoms with Gasteiger partial charge in [-0.25, -0.2) is 0 Å². The first kappa shape index (κ1) is 21.0. The van der Waals surface area contributed by atoms with Crippen LogP contribution in [0.5, 0.6) is 0 Å². The maximum atomic E-state index is 12.8. The quantitative estimate of drug-likeness (QED) is 0.656. The molecule has 0 unspecified atom stereocenters.